The molecule has 0 fully saturated rings. The van der Waals surface area contributed by atoms with E-state index in [4.69, 9.17) is 0 Å². The first-order chi connectivity index (χ1) is 10.5. The maximum Gasteiger partial charge on any atom is 0.311 e. The van der Waals surface area contributed by atoms with E-state index in [-0.39, 0.29) is 0 Å². The molecule has 2 rings (SSSR count). The van der Waals surface area contributed by atoms with Crippen LogP contribution in [0.2, 0.25) is 0 Å². The second-order valence-electron chi connectivity index (χ2n) is 4.21. The van der Waals surface area contributed by atoms with Gasteiger partial charge in [-0.2, -0.15) is 5.10 Å². The minimum Gasteiger partial charge on any atom is -0.502 e. The van der Waals surface area contributed by atoms with E-state index in [9.17, 15) is 20.0 Å². The number of hydrogen-bond acceptors (Lipinski definition) is 5. The standard InChI is InChI=1S/C14H10BrN3O4/c15-11-3-1-2-10(7-11)14(20)17-16-8-9-4-5-13(19)12(6-9)18(21)22/h1-8,19H,(H,17,20)/b16-8+. The average molecular weight is 364 g/mol. The molecule has 2 aromatic rings. The lowest BCUT2D eigenvalue weighted by molar-refractivity contribution is -0.385. The number of amides is 1. The molecule has 0 aliphatic heterocycles. The van der Waals surface area contributed by atoms with E-state index in [1.807, 2.05) is 0 Å². The van der Waals surface area contributed by atoms with Gasteiger partial charge in [0.15, 0.2) is 5.75 Å². The van der Waals surface area contributed by atoms with Crippen LogP contribution >= 0.6 is 15.9 Å². The van der Waals surface area contributed by atoms with Crippen LogP contribution in [0.3, 0.4) is 0 Å². The molecule has 0 aromatic heterocycles. The average Bonchev–Trinajstić information content (AvgIpc) is 2.48. The fourth-order valence-corrected chi connectivity index (χ4v) is 2.03. The summed E-state index contributed by atoms with van der Waals surface area (Å²) in [5.41, 5.74) is 2.68. The summed E-state index contributed by atoms with van der Waals surface area (Å²) in [4.78, 5) is 21.8. The highest BCUT2D eigenvalue weighted by atomic mass is 79.9. The number of nitro benzene ring substituents is 1. The summed E-state index contributed by atoms with van der Waals surface area (Å²) in [5.74, 6) is -0.842. The van der Waals surface area contributed by atoms with E-state index in [1.165, 1.54) is 18.3 Å². The van der Waals surface area contributed by atoms with Gasteiger partial charge in [-0.25, -0.2) is 5.43 Å². The fourth-order valence-electron chi connectivity index (χ4n) is 1.63. The van der Waals surface area contributed by atoms with Crippen molar-refractivity contribution in [2.45, 2.75) is 0 Å². The Morgan fingerprint density at radius 1 is 1.32 bits per heavy atom. The van der Waals surface area contributed by atoms with Crippen LogP contribution in [-0.2, 0) is 0 Å². The summed E-state index contributed by atoms with van der Waals surface area (Å²) in [6, 6.07) is 10.6. The Balaban J connectivity index is 2.08. The molecule has 7 nitrogen and oxygen atoms in total. The molecule has 0 saturated carbocycles. The molecule has 0 aliphatic rings. The maximum absolute atomic E-state index is 11.8. The van der Waals surface area contributed by atoms with E-state index < -0.39 is 22.3 Å². The van der Waals surface area contributed by atoms with Crippen molar-refractivity contribution in [3.05, 3.63) is 68.2 Å². The first kappa shape index (κ1) is 15.6. The summed E-state index contributed by atoms with van der Waals surface area (Å²) in [7, 11) is 0. The van der Waals surface area contributed by atoms with Crippen molar-refractivity contribution in [2.75, 3.05) is 0 Å². The Bertz CT molecular complexity index is 762. The largest absolute Gasteiger partial charge is 0.502 e. The zero-order chi connectivity index (χ0) is 16.1. The molecule has 2 N–H and O–H groups in total. The monoisotopic (exact) mass is 363 g/mol. The van der Waals surface area contributed by atoms with Crippen molar-refractivity contribution in [2.24, 2.45) is 5.10 Å². The Kier molecular flexibility index (Phi) is 4.84. The SMILES string of the molecule is O=C(N/N=C/c1ccc(O)c([N+](=O)[O-])c1)c1cccc(Br)c1. The number of hydrazone groups is 1. The molecule has 0 atom stereocenters. The van der Waals surface area contributed by atoms with Crippen molar-refractivity contribution in [1.82, 2.24) is 5.43 Å². The Hall–Kier alpha value is -2.74. The van der Waals surface area contributed by atoms with E-state index in [0.717, 1.165) is 10.5 Å². The molecular formula is C14H10BrN3O4. The Morgan fingerprint density at radius 2 is 2.09 bits per heavy atom. The van der Waals surface area contributed by atoms with Gasteiger partial charge in [0.2, 0.25) is 0 Å². The van der Waals surface area contributed by atoms with Gasteiger partial charge in [0.05, 0.1) is 11.1 Å². The molecule has 0 bridgehead atoms. The van der Waals surface area contributed by atoms with E-state index in [2.05, 4.69) is 26.5 Å². The number of halogens is 1. The molecule has 0 spiro atoms. The molecule has 22 heavy (non-hydrogen) atoms. The lowest BCUT2D eigenvalue weighted by Gasteiger charge is -2.00. The number of carbonyl (C=O) groups excluding carboxylic acids is 1. The van der Waals surface area contributed by atoms with Crippen molar-refractivity contribution >= 4 is 33.7 Å². The van der Waals surface area contributed by atoms with Crippen molar-refractivity contribution < 1.29 is 14.8 Å². The summed E-state index contributed by atoms with van der Waals surface area (Å²) in [6.07, 6.45) is 1.25. The maximum atomic E-state index is 11.8. The second-order valence-corrected chi connectivity index (χ2v) is 5.13. The number of nitrogens with one attached hydrogen (secondary N) is 1. The number of nitro groups is 1. The quantitative estimate of drug-likeness (QED) is 0.494. The lowest BCUT2D eigenvalue weighted by Crippen LogP contribution is -2.17. The minimum atomic E-state index is -0.702. The van der Waals surface area contributed by atoms with Crippen LogP contribution in [0.4, 0.5) is 5.69 Å². The topological polar surface area (TPSA) is 105 Å². The van der Waals surface area contributed by atoms with E-state index in [0.29, 0.717) is 11.1 Å². The normalized spacial score (nSPS) is 10.6. The second kappa shape index (κ2) is 6.81. The van der Waals surface area contributed by atoms with Crippen LogP contribution in [0, 0.1) is 10.1 Å². The van der Waals surface area contributed by atoms with Crippen molar-refractivity contribution in [3.63, 3.8) is 0 Å². The van der Waals surface area contributed by atoms with Crippen LogP contribution in [0.1, 0.15) is 15.9 Å². The zero-order valence-electron chi connectivity index (χ0n) is 11.1. The van der Waals surface area contributed by atoms with Crippen LogP contribution in [0.5, 0.6) is 5.75 Å². The van der Waals surface area contributed by atoms with E-state index >= 15 is 0 Å². The fraction of sp³-hybridized carbons (Fsp3) is 0. The summed E-state index contributed by atoms with van der Waals surface area (Å²) < 4.78 is 0.762. The predicted octanol–water partition coefficient (Wildman–Crippen LogP) is 2.83. The van der Waals surface area contributed by atoms with Crippen molar-refractivity contribution in [1.29, 1.82) is 0 Å². The van der Waals surface area contributed by atoms with Crippen molar-refractivity contribution in [3.8, 4) is 5.75 Å². The summed E-state index contributed by atoms with van der Waals surface area (Å²) in [6.45, 7) is 0. The number of aromatic hydroxyl groups is 1. The first-order valence-corrected chi connectivity index (χ1v) is 6.83. The highest BCUT2D eigenvalue weighted by Crippen LogP contribution is 2.25. The summed E-state index contributed by atoms with van der Waals surface area (Å²) >= 11 is 3.26. The van der Waals surface area contributed by atoms with Crippen LogP contribution in [-0.4, -0.2) is 22.2 Å². The zero-order valence-corrected chi connectivity index (χ0v) is 12.6. The van der Waals surface area contributed by atoms with Gasteiger partial charge >= 0.3 is 5.69 Å². The van der Waals surface area contributed by atoms with Gasteiger partial charge in [-0.3, -0.25) is 14.9 Å². The highest BCUT2D eigenvalue weighted by molar-refractivity contribution is 9.10. The molecule has 1 amide bonds. The van der Waals surface area contributed by atoms with Gasteiger partial charge in [0.25, 0.3) is 5.91 Å². The number of carbonyl (C=O) groups is 1. The van der Waals surface area contributed by atoms with Gasteiger partial charge in [-0.05, 0) is 30.3 Å². The van der Waals surface area contributed by atoms with Crippen LogP contribution < -0.4 is 5.43 Å². The lowest BCUT2D eigenvalue weighted by atomic mass is 10.2. The van der Waals surface area contributed by atoms with Gasteiger partial charge in [0, 0.05) is 21.7 Å². The Morgan fingerprint density at radius 3 is 2.77 bits per heavy atom. The predicted molar refractivity (Wildman–Crippen MR) is 84.0 cm³/mol. The third kappa shape index (κ3) is 3.89. The molecule has 2 aromatic carbocycles. The first-order valence-electron chi connectivity index (χ1n) is 6.04. The third-order valence-corrected chi connectivity index (χ3v) is 3.16. The number of benzene rings is 2. The van der Waals surface area contributed by atoms with E-state index in [1.54, 1.807) is 24.3 Å². The molecule has 112 valence electrons. The molecule has 8 heteroatoms. The number of rotatable bonds is 4. The summed E-state index contributed by atoms with van der Waals surface area (Å²) in [5, 5.41) is 23.8. The molecule has 0 heterocycles. The smallest absolute Gasteiger partial charge is 0.311 e. The van der Waals surface area contributed by atoms with Gasteiger partial charge in [-0.1, -0.05) is 22.0 Å². The molecular weight excluding hydrogens is 354 g/mol. The number of hydrogen-bond donors (Lipinski definition) is 2. The van der Waals surface area contributed by atoms with Gasteiger partial charge in [0.1, 0.15) is 0 Å². The van der Waals surface area contributed by atoms with Crippen LogP contribution in [0.15, 0.2) is 52.0 Å². The number of phenols is 1. The molecule has 0 aliphatic carbocycles. The van der Waals surface area contributed by atoms with Crippen LogP contribution in [0.25, 0.3) is 0 Å². The van der Waals surface area contributed by atoms with Gasteiger partial charge in [-0.15, -0.1) is 0 Å². The number of nitrogens with zero attached hydrogens (tertiary/aromatic N) is 2. The highest BCUT2D eigenvalue weighted by Gasteiger charge is 2.12. The Labute approximate surface area is 133 Å². The third-order valence-electron chi connectivity index (χ3n) is 2.66. The molecule has 0 radical (unpaired) electrons. The minimum absolute atomic E-state index is 0.374. The molecule has 0 unspecified atom stereocenters. The molecule has 0 saturated heterocycles. The van der Waals surface area contributed by atoms with Gasteiger partial charge < -0.3 is 5.11 Å². The number of phenolic OH excluding ortho intramolecular Hbond substituents is 1.